The van der Waals surface area contributed by atoms with Crippen molar-refractivity contribution in [3.05, 3.63) is 29.6 Å². The Morgan fingerprint density at radius 2 is 2.13 bits per heavy atom. The molecule has 1 aliphatic rings. The molecule has 3 aromatic rings. The number of ether oxygens (including phenoxy) is 1. The van der Waals surface area contributed by atoms with Gasteiger partial charge in [0.15, 0.2) is 5.82 Å². The lowest BCUT2D eigenvalue weighted by molar-refractivity contribution is 0.137. The third-order valence-electron chi connectivity index (χ3n) is 5.55. The molecule has 0 spiro atoms. The second kappa shape index (κ2) is 9.57. The van der Waals surface area contributed by atoms with E-state index in [4.69, 9.17) is 19.8 Å². The predicted octanol–water partition coefficient (Wildman–Crippen LogP) is 2.67. The number of nitrogens with zero attached hydrogens (tertiary/aromatic N) is 6. The molecule has 1 saturated heterocycles. The molecule has 9 nitrogen and oxygen atoms in total. The van der Waals surface area contributed by atoms with E-state index in [0.29, 0.717) is 25.8 Å². The molecular weight excluding hydrogens is 392 g/mol. The summed E-state index contributed by atoms with van der Waals surface area (Å²) in [5.74, 6) is 2.21. The van der Waals surface area contributed by atoms with E-state index < -0.39 is 0 Å². The maximum atomic E-state index is 5.58. The van der Waals surface area contributed by atoms with E-state index in [1.54, 1.807) is 0 Å². The van der Waals surface area contributed by atoms with Crippen LogP contribution in [0.5, 0.6) is 0 Å². The molecule has 0 aliphatic carbocycles. The Kier molecular flexibility index (Phi) is 6.62. The SMILES string of the molecule is CCOCCn1nc(CC)c2nc(N3CCNC[C@@H]3C)nc(Nc3ccc(C)cn3)c21. The summed E-state index contributed by atoms with van der Waals surface area (Å²) in [5.41, 5.74) is 3.87. The molecular formula is C22H32N8O. The van der Waals surface area contributed by atoms with Crippen LogP contribution in [0.3, 0.4) is 0 Å². The van der Waals surface area contributed by atoms with Gasteiger partial charge in [0.25, 0.3) is 0 Å². The van der Waals surface area contributed by atoms with Gasteiger partial charge in [-0.05, 0) is 38.8 Å². The first kappa shape index (κ1) is 21.5. The van der Waals surface area contributed by atoms with Gasteiger partial charge in [0.05, 0.1) is 18.8 Å². The Morgan fingerprint density at radius 1 is 1.26 bits per heavy atom. The van der Waals surface area contributed by atoms with Crippen molar-refractivity contribution in [2.75, 3.05) is 43.1 Å². The summed E-state index contributed by atoms with van der Waals surface area (Å²) < 4.78 is 7.55. The summed E-state index contributed by atoms with van der Waals surface area (Å²) in [7, 11) is 0. The monoisotopic (exact) mass is 424 g/mol. The maximum absolute atomic E-state index is 5.58. The van der Waals surface area contributed by atoms with E-state index >= 15 is 0 Å². The van der Waals surface area contributed by atoms with Crippen molar-refractivity contribution in [3.8, 4) is 0 Å². The van der Waals surface area contributed by atoms with Crippen molar-refractivity contribution in [1.82, 2.24) is 30.0 Å². The summed E-state index contributed by atoms with van der Waals surface area (Å²) >= 11 is 0. The van der Waals surface area contributed by atoms with Crippen molar-refractivity contribution in [3.63, 3.8) is 0 Å². The first-order chi connectivity index (χ1) is 15.1. The predicted molar refractivity (Wildman–Crippen MR) is 123 cm³/mol. The van der Waals surface area contributed by atoms with E-state index in [9.17, 15) is 0 Å². The van der Waals surface area contributed by atoms with Crippen LogP contribution < -0.4 is 15.5 Å². The molecule has 1 aliphatic heterocycles. The minimum Gasteiger partial charge on any atom is -0.380 e. The quantitative estimate of drug-likeness (QED) is 0.533. The fourth-order valence-electron chi connectivity index (χ4n) is 3.84. The molecule has 0 amide bonds. The molecule has 2 N–H and O–H groups in total. The molecule has 1 fully saturated rings. The minimum atomic E-state index is 0.314. The summed E-state index contributed by atoms with van der Waals surface area (Å²) in [6.45, 7) is 13.0. The van der Waals surface area contributed by atoms with Gasteiger partial charge in [-0.1, -0.05) is 13.0 Å². The van der Waals surface area contributed by atoms with E-state index in [2.05, 4.69) is 34.4 Å². The Morgan fingerprint density at radius 3 is 2.84 bits per heavy atom. The zero-order valence-electron chi connectivity index (χ0n) is 18.9. The molecule has 0 radical (unpaired) electrons. The normalized spacial score (nSPS) is 16.8. The van der Waals surface area contributed by atoms with Crippen LogP contribution in [0.4, 0.5) is 17.6 Å². The van der Waals surface area contributed by atoms with Crippen molar-refractivity contribution >= 4 is 28.6 Å². The van der Waals surface area contributed by atoms with E-state index in [1.807, 2.05) is 36.9 Å². The third kappa shape index (κ3) is 4.62. The standard InChI is InChI=1S/C22H32N8O/c1-5-17-19-20(30(28-17)11-12-31-6-2)21(25-18-8-7-15(3)13-24-18)27-22(26-19)29-10-9-23-14-16(29)4/h7-8,13,16,23H,5-6,9-12,14H2,1-4H3,(H,24,25,26,27)/t16-/m0/s1. The van der Waals surface area contributed by atoms with Crippen LogP contribution >= 0.6 is 0 Å². The molecule has 0 saturated carbocycles. The number of aryl methyl sites for hydroxylation is 2. The lowest BCUT2D eigenvalue weighted by Crippen LogP contribution is -2.50. The first-order valence-corrected chi connectivity index (χ1v) is 11.1. The number of fused-ring (bicyclic) bond motifs is 1. The second-order valence-electron chi connectivity index (χ2n) is 7.88. The lowest BCUT2D eigenvalue weighted by atomic mass is 10.2. The van der Waals surface area contributed by atoms with Crippen LogP contribution in [0.1, 0.15) is 32.0 Å². The highest BCUT2D eigenvalue weighted by Gasteiger charge is 2.25. The molecule has 9 heteroatoms. The number of aromatic nitrogens is 5. The van der Waals surface area contributed by atoms with E-state index in [0.717, 1.165) is 65.9 Å². The van der Waals surface area contributed by atoms with Gasteiger partial charge in [-0.25, -0.2) is 9.97 Å². The molecule has 0 aromatic carbocycles. The van der Waals surface area contributed by atoms with Crippen molar-refractivity contribution in [2.24, 2.45) is 0 Å². The molecule has 0 bridgehead atoms. The summed E-state index contributed by atoms with van der Waals surface area (Å²) in [4.78, 5) is 16.7. The Hall–Kier alpha value is -2.78. The molecule has 0 unspecified atom stereocenters. The van der Waals surface area contributed by atoms with Crippen molar-refractivity contribution in [1.29, 1.82) is 0 Å². The van der Waals surface area contributed by atoms with E-state index in [1.165, 1.54) is 0 Å². The molecule has 4 heterocycles. The van der Waals surface area contributed by atoms with Crippen LogP contribution in [-0.2, 0) is 17.7 Å². The van der Waals surface area contributed by atoms with Crippen LogP contribution in [0.15, 0.2) is 18.3 Å². The number of hydrogen-bond donors (Lipinski definition) is 2. The minimum absolute atomic E-state index is 0.314. The zero-order valence-corrected chi connectivity index (χ0v) is 18.9. The average Bonchev–Trinajstić information content (AvgIpc) is 3.14. The van der Waals surface area contributed by atoms with Crippen LogP contribution in [0.25, 0.3) is 11.0 Å². The molecule has 1 atom stereocenters. The van der Waals surface area contributed by atoms with Gasteiger partial charge < -0.3 is 20.3 Å². The highest BCUT2D eigenvalue weighted by molar-refractivity contribution is 5.90. The average molecular weight is 425 g/mol. The number of rotatable bonds is 8. The maximum Gasteiger partial charge on any atom is 0.228 e. The summed E-state index contributed by atoms with van der Waals surface area (Å²) in [6.07, 6.45) is 2.65. The van der Waals surface area contributed by atoms with Crippen LogP contribution in [-0.4, -0.2) is 63.6 Å². The van der Waals surface area contributed by atoms with Gasteiger partial charge in [-0.2, -0.15) is 10.1 Å². The first-order valence-electron chi connectivity index (χ1n) is 11.1. The molecule has 4 rings (SSSR count). The van der Waals surface area contributed by atoms with Crippen LogP contribution in [0.2, 0.25) is 0 Å². The Labute approximate surface area is 183 Å². The highest BCUT2D eigenvalue weighted by Crippen LogP contribution is 2.29. The van der Waals surface area contributed by atoms with Crippen LogP contribution in [0, 0.1) is 6.92 Å². The summed E-state index contributed by atoms with van der Waals surface area (Å²) in [6, 6.07) is 4.32. The third-order valence-corrected chi connectivity index (χ3v) is 5.55. The molecule has 3 aromatic heterocycles. The Bertz CT molecular complexity index is 1020. The highest BCUT2D eigenvalue weighted by atomic mass is 16.5. The van der Waals surface area contributed by atoms with Gasteiger partial charge in [-0.15, -0.1) is 0 Å². The smallest absolute Gasteiger partial charge is 0.228 e. The topological polar surface area (TPSA) is 93.0 Å². The zero-order chi connectivity index (χ0) is 21.8. The molecule has 166 valence electrons. The fraction of sp³-hybridized carbons (Fsp3) is 0.545. The van der Waals surface area contributed by atoms with E-state index in [-0.39, 0.29) is 0 Å². The number of piperazine rings is 1. The largest absolute Gasteiger partial charge is 0.380 e. The lowest BCUT2D eigenvalue weighted by Gasteiger charge is -2.34. The number of hydrogen-bond acceptors (Lipinski definition) is 8. The fourth-order valence-corrected chi connectivity index (χ4v) is 3.84. The van der Waals surface area contributed by atoms with Gasteiger partial charge in [0, 0.05) is 38.5 Å². The number of pyridine rings is 1. The van der Waals surface area contributed by atoms with Crippen molar-refractivity contribution < 1.29 is 4.74 Å². The number of nitrogens with one attached hydrogen (secondary N) is 2. The second-order valence-corrected chi connectivity index (χ2v) is 7.88. The van der Waals surface area contributed by atoms with Gasteiger partial charge in [-0.3, -0.25) is 4.68 Å². The van der Waals surface area contributed by atoms with Gasteiger partial charge >= 0.3 is 0 Å². The van der Waals surface area contributed by atoms with Gasteiger partial charge in [0.1, 0.15) is 16.9 Å². The Balaban J connectivity index is 1.82. The van der Waals surface area contributed by atoms with Crippen molar-refractivity contribution in [2.45, 2.75) is 46.7 Å². The summed E-state index contributed by atoms with van der Waals surface area (Å²) in [5, 5.41) is 11.7. The molecule has 31 heavy (non-hydrogen) atoms. The number of anilines is 3. The van der Waals surface area contributed by atoms with Gasteiger partial charge in [0.2, 0.25) is 5.95 Å².